The maximum Gasteiger partial charge on any atom is 0.417 e. The summed E-state index contributed by atoms with van der Waals surface area (Å²) in [6, 6.07) is 11.8. The highest BCUT2D eigenvalue weighted by molar-refractivity contribution is 7.98. The summed E-state index contributed by atoms with van der Waals surface area (Å²) in [5, 5.41) is 9.15. The fourth-order valence-corrected chi connectivity index (χ4v) is 3.37. The summed E-state index contributed by atoms with van der Waals surface area (Å²) in [4.78, 5) is 31.3. The van der Waals surface area contributed by atoms with Gasteiger partial charge in [0.2, 0.25) is 0 Å². The molecule has 0 bridgehead atoms. The highest BCUT2D eigenvalue weighted by Crippen LogP contribution is 2.38. The lowest BCUT2D eigenvalue weighted by Gasteiger charge is -2.14. The van der Waals surface area contributed by atoms with Crippen molar-refractivity contribution in [3.05, 3.63) is 80.1 Å². The Balaban J connectivity index is 2.09. The van der Waals surface area contributed by atoms with E-state index in [9.17, 15) is 28.0 Å². The number of pyridine rings is 1. The number of alkyl halides is 3. The van der Waals surface area contributed by atoms with Gasteiger partial charge in [-0.1, -0.05) is 42.1 Å². The number of nitriles is 1. The molecule has 2 heterocycles. The van der Waals surface area contributed by atoms with Crippen molar-refractivity contribution in [2.75, 3.05) is 0 Å². The molecular formula is C18H11F3N4O2S. The monoisotopic (exact) mass is 404 g/mol. The standard InChI is InChI=1S/C18H11F3N4O2S/c19-18(20,21)13-7-14(10-4-2-1-3-5-10)24-16(12(13)8-22)28-9-11-6-15(26)25-17(27)23-11/h1-7H,9H2,(H2,23,25,26,27). The second-order valence-electron chi connectivity index (χ2n) is 5.61. The molecule has 3 rings (SSSR count). The Morgan fingerprint density at radius 1 is 1.11 bits per heavy atom. The lowest BCUT2D eigenvalue weighted by molar-refractivity contribution is -0.138. The van der Waals surface area contributed by atoms with Crippen LogP contribution in [0.2, 0.25) is 0 Å². The van der Waals surface area contributed by atoms with Crippen molar-refractivity contribution in [2.24, 2.45) is 0 Å². The zero-order valence-electron chi connectivity index (χ0n) is 14.0. The molecule has 142 valence electrons. The van der Waals surface area contributed by atoms with E-state index in [4.69, 9.17) is 0 Å². The summed E-state index contributed by atoms with van der Waals surface area (Å²) >= 11 is 0.825. The third-order valence-electron chi connectivity index (χ3n) is 3.65. The number of nitrogens with zero attached hydrogens (tertiary/aromatic N) is 2. The van der Waals surface area contributed by atoms with Gasteiger partial charge in [0, 0.05) is 23.1 Å². The highest BCUT2D eigenvalue weighted by Gasteiger charge is 2.36. The van der Waals surface area contributed by atoms with Crippen LogP contribution in [-0.2, 0) is 11.9 Å². The Hall–Kier alpha value is -3.32. The summed E-state index contributed by atoms with van der Waals surface area (Å²) in [6.07, 6.45) is -4.74. The lowest BCUT2D eigenvalue weighted by Crippen LogP contribution is -2.22. The van der Waals surface area contributed by atoms with Crippen molar-refractivity contribution < 1.29 is 13.2 Å². The Morgan fingerprint density at radius 3 is 2.43 bits per heavy atom. The molecule has 2 aromatic heterocycles. The summed E-state index contributed by atoms with van der Waals surface area (Å²) in [5.74, 6) is -0.0453. The van der Waals surface area contributed by atoms with Crippen molar-refractivity contribution in [3.63, 3.8) is 0 Å². The van der Waals surface area contributed by atoms with Crippen LogP contribution in [0, 0.1) is 11.3 Å². The molecule has 0 aliphatic carbocycles. The predicted molar refractivity (Wildman–Crippen MR) is 96.6 cm³/mol. The van der Waals surface area contributed by atoms with E-state index in [0.717, 1.165) is 23.9 Å². The van der Waals surface area contributed by atoms with Crippen LogP contribution in [0.3, 0.4) is 0 Å². The van der Waals surface area contributed by atoms with Crippen molar-refractivity contribution >= 4 is 11.8 Å². The van der Waals surface area contributed by atoms with Crippen LogP contribution >= 0.6 is 11.8 Å². The number of aromatic nitrogens is 3. The Morgan fingerprint density at radius 2 is 1.82 bits per heavy atom. The van der Waals surface area contributed by atoms with Gasteiger partial charge < -0.3 is 4.98 Å². The Labute approximate surface area is 160 Å². The molecule has 6 nitrogen and oxygen atoms in total. The summed E-state index contributed by atoms with van der Waals surface area (Å²) < 4.78 is 40.5. The van der Waals surface area contributed by atoms with Crippen molar-refractivity contribution in [1.29, 1.82) is 5.26 Å². The molecular weight excluding hydrogens is 393 g/mol. The number of rotatable bonds is 4. The molecule has 0 radical (unpaired) electrons. The number of aromatic amines is 2. The van der Waals surface area contributed by atoms with Crippen LogP contribution in [0.4, 0.5) is 13.2 Å². The van der Waals surface area contributed by atoms with Gasteiger partial charge in [0.1, 0.15) is 11.1 Å². The van der Waals surface area contributed by atoms with Gasteiger partial charge in [-0.25, -0.2) is 9.78 Å². The maximum absolute atomic E-state index is 13.5. The van der Waals surface area contributed by atoms with Gasteiger partial charge >= 0.3 is 11.9 Å². The van der Waals surface area contributed by atoms with E-state index in [1.165, 1.54) is 0 Å². The minimum atomic E-state index is -4.74. The number of H-pyrrole nitrogens is 2. The second-order valence-corrected chi connectivity index (χ2v) is 6.58. The molecule has 10 heteroatoms. The SMILES string of the molecule is N#Cc1c(C(F)(F)F)cc(-c2ccccc2)nc1SCc1cc(=O)[nH]c(=O)[nH]1. The number of hydrogen-bond acceptors (Lipinski definition) is 5. The molecule has 2 N–H and O–H groups in total. The van der Waals surface area contributed by atoms with Gasteiger partial charge in [0.25, 0.3) is 5.56 Å². The smallest absolute Gasteiger partial charge is 0.310 e. The lowest BCUT2D eigenvalue weighted by atomic mass is 10.1. The van der Waals surface area contributed by atoms with Crippen LogP contribution in [0.5, 0.6) is 0 Å². The topological polar surface area (TPSA) is 102 Å². The highest BCUT2D eigenvalue weighted by atomic mass is 32.2. The van der Waals surface area contributed by atoms with Crippen LogP contribution in [0.25, 0.3) is 11.3 Å². The van der Waals surface area contributed by atoms with Gasteiger partial charge in [-0.05, 0) is 6.07 Å². The third kappa shape index (κ3) is 4.32. The van der Waals surface area contributed by atoms with E-state index >= 15 is 0 Å². The number of halogens is 3. The van der Waals surface area contributed by atoms with Crippen LogP contribution in [0.15, 0.2) is 57.1 Å². The Bertz CT molecular complexity index is 1140. The molecule has 0 saturated heterocycles. The molecule has 0 aliphatic rings. The van der Waals surface area contributed by atoms with Gasteiger partial charge in [0.05, 0.1) is 16.8 Å². The quantitative estimate of drug-likeness (QED) is 0.650. The second kappa shape index (κ2) is 7.74. The molecule has 0 fully saturated rings. The van der Waals surface area contributed by atoms with E-state index in [2.05, 4.69) is 9.97 Å². The predicted octanol–water partition coefficient (Wildman–Crippen LogP) is 3.31. The van der Waals surface area contributed by atoms with E-state index < -0.39 is 28.6 Å². The minimum absolute atomic E-state index is 0.0453. The number of hydrogen-bond donors (Lipinski definition) is 2. The van der Waals surface area contributed by atoms with Crippen molar-refractivity contribution in [1.82, 2.24) is 15.0 Å². The molecule has 0 aliphatic heterocycles. The summed E-state index contributed by atoms with van der Waals surface area (Å²) in [5.41, 5.74) is -2.34. The molecule has 3 aromatic rings. The van der Waals surface area contributed by atoms with Gasteiger partial charge in [-0.2, -0.15) is 18.4 Å². The fourth-order valence-electron chi connectivity index (χ4n) is 2.46. The van der Waals surface area contributed by atoms with E-state index in [1.54, 1.807) is 36.4 Å². The minimum Gasteiger partial charge on any atom is -0.310 e. The molecule has 0 atom stereocenters. The first-order chi connectivity index (χ1) is 13.3. The van der Waals surface area contributed by atoms with Crippen molar-refractivity contribution in [2.45, 2.75) is 17.0 Å². The zero-order valence-corrected chi connectivity index (χ0v) is 14.8. The largest absolute Gasteiger partial charge is 0.417 e. The number of nitrogens with one attached hydrogen (secondary N) is 2. The summed E-state index contributed by atoms with van der Waals surface area (Å²) in [6.45, 7) is 0. The normalized spacial score (nSPS) is 11.2. The third-order valence-corrected chi connectivity index (χ3v) is 4.68. The first kappa shape index (κ1) is 19.4. The zero-order chi connectivity index (χ0) is 20.3. The van der Waals surface area contributed by atoms with Crippen LogP contribution in [0.1, 0.15) is 16.8 Å². The average Bonchev–Trinajstić information content (AvgIpc) is 2.65. The molecule has 28 heavy (non-hydrogen) atoms. The van der Waals surface area contributed by atoms with Crippen molar-refractivity contribution in [3.8, 4) is 17.3 Å². The van der Waals surface area contributed by atoms with Crippen LogP contribution < -0.4 is 11.2 Å². The van der Waals surface area contributed by atoms with E-state index in [-0.39, 0.29) is 22.2 Å². The van der Waals surface area contributed by atoms with Gasteiger partial charge in [-0.3, -0.25) is 9.78 Å². The van der Waals surface area contributed by atoms with E-state index in [0.29, 0.717) is 5.56 Å². The van der Waals surface area contributed by atoms with Crippen LogP contribution in [-0.4, -0.2) is 15.0 Å². The molecule has 1 aromatic carbocycles. The molecule has 0 unspecified atom stereocenters. The summed E-state index contributed by atoms with van der Waals surface area (Å²) in [7, 11) is 0. The van der Waals surface area contributed by atoms with Gasteiger partial charge in [0.15, 0.2) is 0 Å². The van der Waals surface area contributed by atoms with E-state index in [1.807, 2.05) is 4.98 Å². The Kier molecular flexibility index (Phi) is 5.37. The first-order valence-corrected chi connectivity index (χ1v) is 8.79. The fraction of sp³-hybridized carbons (Fsp3) is 0.111. The first-order valence-electron chi connectivity index (χ1n) is 7.81. The molecule has 0 amide bonds. The molecule has 0 saturated carbocycles. The molecule has 0 spiro atoms. The average molecular weight is 404 g/mol. The number of thioether (sulfide) groups is 1. The van der Waals surface area contributed by atoms with Gasteiger partial charge in [-0.15, -0.1) is 0 Å². The number of benzene rings is 1. The maximum atomic E-state index is 13.5.